The Morgan fingerprint density at radius 2 is 1.86 bits per heavy atom. The maximum absolute atomic E-state index is 12.3. The van der Waals surface area contributed by atoms with Crippen molar-refractivity contribution < 1.29 is 14.3 Å². The average Bonchev–Trinajstić information content (AvgIpc) is 2.67. The van der Waals surface area contributed by atoms with Gasteiger partial charge in [0.1, 0.15) is 17.9 Å². The molecule has 0 spiro atoms. The molecule has 6 nitrogen and oxygen atoms in total. The number of ether oxygens (including phenoxy) is 2. The van der Waals surface area contributed by atoms with Gasteiger partial charge in [0.25, 0.3) is 0 Å². The number of carbonyl (C=O) groups excluding carboxylic acids is 1. The van der Waals surface area contributed by atoms with Gasteiger partial charge in [0.15, 0.2) is 0 Å². The Kier molecular flexibility index (Phi) is 6.26. The number of anilines is 1. The molecule has 0 atom stereocenters. The van der Waals surface area contributed by atoms with Gasteiger partial charge in [-0.2, -0.15) is 0 Å². The van der Waals surface area contributed by atoms with E-state index in [1.165, 1.54) is 0 Å². The van der Waals surface area contributed by atoms with Crippen LogP contribution in [-0.4, -0.2) is 22.5 Å². The second-order valence-corrected chi connectivity index (χ2v) is 6.86. The van der Waals surface area contributed by atoms with Gasteiger partial charge in [0.2, 0.25) is 5.95 Å². The lowest BCUT2D eigenvalue weighted by atomic mass is 10.1. The van der Waals surface area contributed by atoms with Crippen LogP contribution in [-0.2, 0) is 11.3 Å². The second kappa shape index (κ2) is 8.84. The van der Waals surface area contributed by atoms with Gasteiger partial charge in [0, 0.05) is 0 Å². The Bertz CT molecular complexity index is 994. The van der Waals surface area contributed by atoms with Crippen LogP contribution in [0, 0.1) is 6.92 Å². The van der Waals surface area contributed by atoms with Crippen LogP contribution in [0.3, 0.4) is 0 Å². The van der Waals surface area contributed by atoms with Crippen molar-refractivity contribution in [2.24, 2.45) is 0 Å². The standard InChI is InChI=1S/C21H20BrN3O3/c1-3-27-20(26)19-13(2)24-21(23)25-17(19)12-28-18-10-9-15(11-16(18)22)14-7-5-4-6-8-14/h4-11H,3,12H2,1-2H3,(H2,23,24,25). The monoisotopic (exact) mass is 441 g/mol. The van der Waals surface area contributed by atoms with E-state index in [0.717, 1.165) is 15.6 Å². The minimum atomic E-state index is -0.489. The Morgan fingerprint density at radius 3 is 2.54 bits per heavy atom. The first-order chi connectivity index (χ1) is 13.5. The summed E-state index contributed by atoms with van der Waals surface area (Å²) in [5.74, 6) is 0.226. The molecular weight excluding hydrogens is 422 g/mol. The van der Waals surface area contributed by atoms with Crippen molar-refractivity contribution in [3.63, 3.8) is 0 Å². The number of nitrogens with zero attached hydrogens (tertiary/aromatic N) is 2. The number of aryl methyl sites for hydroxylation is 1. The van der Waals surface area contributed by atoms with Crippen molar-refractivity contribution in [3.05, 3.63) is 70.0 Å². The third-order valence-corrected chi connectivity index (χ3v) is 4.68. The van der Waals surface area contributed by atoms with Gasteiger partial charge >= 0.3 is 5.97 Å². The molecule has 0 fully saturated rings. The van der Waals surface area contributed by atoms with Crippen molar-refractivity contribution in [1.29, 1.82) is 0 Å². The first kappa shape index (κ1) is 19.8. The molecule has 28 heavy (non-hydrogen) atoms. The van der Waals surface area contributed by atoms with E-state index in [1.807, 2.05) is 48.5 Å². The van der Waals surface area contributed by atoms with Crippen molar-refractivity contribution in [1.82, 2.24) is 9.97 Å². The topological polar surface area (TPSA) is 87.3 Å². The number of nitrogen functional groups attached to an aromatic ring is 1. The Balaban J connectivity index is 1.83. The van der Waals surface area contributed by atoms with Crippen LogP contribution < -0.4 is 10.5 Å². The zero-order chi connectivity index (χ0) is 20.1. The molecule has 0 aliphatic rings. The molecule has 3 aromatic rings. The van der Waals surface area contributed by atoms with E-state index in [4.69, 9.17) is 15.2 Å². The van der Waals surface area contributed by atoms with E-state index in [0.29, 0.717) is 17.1 Å². The maximum atomic E-state index is 12.3. The lowest BCUT2D eigenvalue weighted by Gasteiger charge is -2.13. The van der Waals surface area contributed by atoms with Crippen molar-refractivity contribution in [2.75, 3.05) is 12.3 Å². The van der Waals surface area contributed by atoms with Gasteiger partial charge in [0.05, 0.1) is 22.5 Å². The fourth-order valence-electron chi connectivity index (χ4n) is 2.80. The van der Waals surface area contributed by atoms with Crippen molar-refractivity contribution in [2.45, 2.75) is 20.5 Å². The molecule has 0 unspecified atom stereocenters. The van der Waals surface area contributed by atoms with Gasteiger partial charge in [-0.3, -0.25) is 0 Å². The lowest BCUT2D eigenvalue weighted by Crippen LogP contribution is -2.16. The summed E-state index contributed by atoms with van der Waals surface area (Å²) in [7, 11) is 0. The van der Waals surface area contributed by atoms with E-state index in [1.54, 1.807) is 13.8 Å². The van der Waals surface area contributed by atoms with Crippen LogP contribution in [0.2, 0.25) is 0 Å². The summed E-state index contributed by atoms with van der Waals surface area (Å²) in [6.45, 7) is 3.76. The highest BCUT2D eigenvalue weighted by atomic mass is 79.9. The molecule has 3 rings (SSSR count). The number of esters is 1. The van der Waals surface area contributed by atoms with E-state index in [-0.39, 0.29) is 24.7 Å². The highest BCUT2D eigenvalue weighted by Crippen LogP contribution is 2.31. The molecule has 0 aliphatic carbocycles. The minimum absolute atomic E-state index is 0.0605. The van der Waals surface area contributed by atoms with Gasteiger partial charge in [-0.15, -0.1) is 0 Å². The smallest absolute Gasteiger partial charge is 0.341 e. The molecule has 2 aromatic carbocycles. The fraction of sp³-hybridized carbons (Fsp3) is 0.190. The van der Waals surface area contributed by atoms with Crippen LogP contribution in [0.5, 0.6) is 5.75 Å². The number of nitrogens with two attached hydrogens (primary N) is 1. The first-order valence-electron chi connectivity index (χ1n) is 8.77. The van der Waals surface area contributed by atoms with Gasteiger partial charge in [-0.1, -0.05) is 36.4 Å². The highest BCUT2D eigenvalue weighted by molar-refractivity contribution is 9.10. The highest BCUT2D eigenvalue weighted by Gasteiger charge is 2.20. The quantitative estimate of drug-likeness (QED) is 0.564. The zero-order valence-corrected chi connectivity index (χ0v) is 17.2. The van der Waals surface area contributed by atoms with Crippen molar-refractivity contribution in [3.8, 4) is 16.9 Å². The Hall–Kier alpha value is -2.93. The number of benzene rings is 2. The van der Waals surface area contributed by atoms with Crippen LogP contribution in [0.1, 0.15) is 28.7 Å². The summed E-state index contributed by atoms with van der Waals surface area (Å²) >= 11 is 3.55. The minimum Gasteiger partial charge on any atom is -0.486 e. The lowest BCUT2D eigenvalue weighted by molar-refractivity contribution is 0.0521. The molecule has 2 N–H and O–H groups in total. The number of rotatable bonds is 6. The summed E-state index contributed by atoms with van der Waals surface area (Å²) in [5, 5.41) is 0. The van der Waals surface area contributed by atoms with E-state index in [9.17, 15) is 4.79 Å². The van der Waals surface area contributed by atoms with Crippen LogP contribution in [0.15, 0.2) is 53.0 Å². The Morgan fingerprint density at radius 1 is 1.11 bits per heavy atom. The summed E-state index contributed by atoms with van der Waals surface area (Å²) in [4.78, 5) is 20.5. The van der Waals surface area contributed by atoms with Crippen molar-refractivity contribution >= 4 is 27.8 Å². The summed E-state index contributed by atoms with van der Waals surface area (Å²) < 4.78 is 11.8. The first-order valence-corrected chi connectivity index (χ1v) is 9.56. The molecule has 0 bridgehead atoms. The predicted molar refractivity (Wildman–Crippen MR) is 111 cm³/mol. The predicted octanol–water partition coefficient (Wildman–Crippen LogP) is 4.55. The van der Waals surface area contributed by atoms with E-state index < -0.39 is 5.97 Å². The summed E-state index contributed by atoms with van der Waals surface area (Å²) in [5.41, 5.74) is 9.06. The summed E-state index contributed by atoms with van der Waals surface area (Å²) in [6, 6.07) is 15.9. The normalized spacial score (nSPS) is 10.5. The summed E-state index contributed by atoms with van der Waals surface area (Å²) in [6.07, 6.45) is 0. The maximum Gasteiger partial charge on any atom is 0.341 e. The SMILES string of the molecule is CCOC(=O)c1c(C)nc(N)nc1COc1ccc(-c2ccccc2)cc1Br. The molecular formula is C21H20BrN3O3. The number of hydrogen-bond acceptors (Lipinski definition) is 6. The van der Waals surface area contributed by atoms with E-state index in [2.05, 4.69) is 25.9 Å². The van der Waals surface area contributed by atoms with E-state index >= 15 is 0 Å². The van der Waals surface area contributed by atoms with Gasteiger partial charge in [-0.05, 0) is 53.0 Å². The third kappa shape index (κ3) is 4.48. The van der Waals surface area contributed by atoms with Crippen LogP contribution >= 0.6 is 15.9 Å². The largest absolute Gasteiger partial charge is 0.486 e. The fourth-order valence-corrected chi connectivity index (χ4v) is 3.30. The van der Waals surface area contributed by atoms with Gasteiger partial charge < -0.3 is 15.2 Å². The second-order valence-electron chi connectivity index (χ2n) is 6.01. The molecule has 0 radical (unpaired) electrons. The molecule has 1 aromatic heterocycles. The number of carbonyl (C=O) groups is 1. The Labute approximate surface area is 171 Å². The number of aromatic nitrogens is 2. The molecule has 1 heterocycles. The molecule has 0 saturated carbocycles. The molecule has 0 aliphatic heterocycles. The zero-order valence-electron chi connectivity index (χ0n) is 15.6. The average molecular weight is 442 g/mol. The molecule has 144 valence electrons. The third-order valence-electron chi connectivity index (χ3n) is 4.07. The van der Waals surface area contributed by atoms with Crippen LogP contribution in [0.4, 0.5) is 5.95 Å². The number of halogens is 1. The molecule has 0 amide bonds. The number of hydrogen-bond donors (Lipinski definition) is 1. The van der Waals surface area contributed by atoms with Gasteiger partial charge in [-0.25, -0.2) is 14.8 Å². The van der Waals surface area contributed by atoms with Crippen LogP contribution in [0.25, 0.3) is 11.1 Å². The molecule has 7 heteroatoms. The molecule has 0 saturated heterocycles.